The molecule has 0 radical (unpaired) electrons. The van der Waals surface area contributed by atoms with Crippen molar-refractivity contribution in [3.05, 3.63) is 18.0 Å². The maximum Gasteiger partial charge on any atom is 0.352 e. The maximum absolute atomic E-state index is 12.5. The van der Waals surface area contributed by atoms with Crippen LogP contribution in [0.2, 0.25) is 0 Å². The number of likely N-dealkylation sites (N-methyl/N-ethyl adjacent to an activating group) is 1. The molecule has 0 spiro atoms. The van der Waals surface area contributed by atoms with Crippen LogP contribution in [0.1, 0.15) is 37.3 Å². The summed E-state index contributed by atoms with van der Waals surface area (Å²) in [6, 6.07) is 1.06. The second-order valence-corrected chi connectivity index (χ2v) is 6.79. The molecule has 1 aromatic rings. The lowest BCUT2D eigenvalue weighted by Gasteiger charge is -2.19. The number of carboxylic acid groups (broad SMARTS) is 1. The monoisotopic (exact) mass is 318 g/mol. The molecule has 1 N–H and O–H groups in total. The standard InChI is InChI=1S/C13H22N2O5S/c1-5-14(6-7-20-4)21(18,19)11-8-12(13(16)17)15(9-11)10(2)3/h8-10H,5-7H2,1-4H3,(H,16,17). The van der Waals surface area contributed by atoms with E-state index in [-0.39, 0.29) is 29.8 Å². The molecule has 0 aliphatic rings. The van der Waals surface area contributed by atoms with Gasteiger partial charge in [-0.05, 0) is 19.9 Å². The smallest absolute Gasteiger partial charge is 0.352 e. The van der Waals surface area contributed by atoms with Gasteiger partial charge in [0, 0.05) is 32.4 Å². The fraction of sp³-hybridized carbons (Fsp3) is 0.615. The molecule has 0 atom stereocenters. The summed E-state index contributed by atoms with van der Waals surface area (Å²) in [5, 5.41) is 9.18. The Kier molecular flexibility index (Phi) is 5.94. The molecule has 0 saturated carbocycles. The largest absolute Gasteiger partial charge is 0.477 e. The number of hydrogen-bond donors (Lipinski definition) is 1. The summed E-state index contributed by atoms with van der Waals surface area (Å²) in [5.74, 6) is -1.15. The predicted molar refractivity (Wildman–Crippen MR) is 78.1 cm³/mol. The van der Waals surface area contributed by atoms with Crippen LogP contribution in [-0.4, -0.2) is 55.2 Å². The molecule has 0 amide bonds. The second kappa shape index (κ2) is 7.06. The summed E-state index contributed by atoms with van der Waals surface area (Å²) in [5.41, 5.74) is -0.0358. The Hall–Kier alpha value is -1.38. The molecule has 0 aromatic carbocycles. The van der Waals surface area contributed by atoms with Gasteiger partial charge in [-0.25, -0.2) is 13.2 Å². The molecular formula is C13H22N2O5S. The lowest BCUT2D eigenvalue weighted by atomic mass is 10.3. The molecular weight excluding hydrogens is 296 g/mol. The second-order valence-electron chi connectivity index (χ2n) is 4.86. The van der Waals surface area contributed by atoms with Gasteiger partial charge in [0.25, 0.3) is 0 Å². The molecule has 8 heteroatoms. The third-order valence-corrected chi connectivity index (χ3v) is 5.07. The van der Waals surface area contributed by atoms with Gasteiger partial charge in [-0.2, -0.15) is 4.31 Å². The number of hydrogen-bond acceptors (Lipinski definition) is 4. The van der Waals surface area contributed by atoms with Crippen LogP contribution in [0.5, 0.6) is 0 Å². The number of aromatic carboxylic acids is 1. The Labute approximate surface area is 125 Å². The van der Waals surface area contributed by atoms with E-state index in [9.17, 15) is 18.3 Å². The van der Waals surface area contributed by atoms with Crippen molar-refractivity contribution in [2.24, 2.45) is 0 Å². The lowest BCUT2D eigenvalue weighted by molar-refractivity contribution is 0.0683. The molecule has 1 rings (SSSR count). The quantitative estimate of drug-likeness (QED) is 0.783. The van der Waals surface area contributed by atoms with Gasteiger partial charge < -0.3 is 14.4 Å². The van der Waals surface area contributed by atoms with E-state index < -0.39 is 16.0 Å². The summed E-state index contributed by atoms with van der Waals surface area (Å²) in [4.78, 5) is 11.2. The van der Waals surface area contributed by atoms with Crippen molar-refractivity contribution in [2.45, 2.75) is 31.7 Å². The van der Waals surface area contributed by atoms with Crippen molar-refractivity contribution in [2.75, 3.05) is 26.8 Å². The Morgan fingerprint density at radius 1 is 1.48 bits per heavy atom. The molecule has 0 fully saturated rings. The molecule has 1 aromatic heterocycles. The van der Waals surface area contributed by atoms with Crippen molar-refractivity contribution in [1.29, 1.82) is 0 Å². The van der Waals surface area contributed by atoms with E-state index >= 15 is 0 Å². The molecule has 0 aliphatic carbocycles. The number of sulfonamides is 1. The number of carboxylic acids is 1. The summed E-state index contributed by atoms with van der Waals surface area (Å²) in [6.45, 7) is 6.12. The van der Waals surface area contributed by atoms with E-state index in [0.29, 0.717) is 6.54 Å². The Bertz CT molecular complexity index is 592. The van der Waals surface area contributed by atoms with Crippen LogP contribution in [0.25, 0.3) is 0 Å². The summed E-state index contributed by atoms with van der Waals surface area (Å²) in [6.07, 6.45) is 1.37. The van der Waals surface area contributed by atoms with Crippen molar-refractivity contribution in [1.82, 2.24) is 8.87 Å². The number of ether oxygens (including phenoxy) is 1. The first-order chi connectivity index (χ1) is 9.75. The number of carbonyl (C=O) groups is 1. The zero-order chi connectivity index (χ0) is 16.2. The molecule has 120 valence electrons. The highest BCUT2D eigenvalue weighted by Crippen LogP contribution is 2.22. The van der Waals surface area contributed by atoms with E-state index in [2.05, 4.69) is 0 Å². The fourth-order valence-corrected chi connectivity index (χ4v) is 3.44. The average molecular weight is 318 g/mol. The van der Waals surface area contributed by atoms with Crippen LogP contribution in [0.3, 0.4) is 0 Å². The normalized spacial score (nSPS) is 12.3. The van der Waals surface area contributed by atoms with Crippen molar-refractivity contribution >= 4 is 16.0 Å². The summed E-state index contributed by atoms with van der Waals surface area (Å²) >= 11 is 0. The van der Waals surface area contributed by atoms with Crippen molar-refractivity contribution in [3.63, 3.8) is 0 Å². The van der Waals surface area contributed by atoms with Gasteiger partial charge in [-0.1, -0.05) is 6.92 Å². The molecule has 0 saturated heterocycles. The van der Waals surface area contributed by atoms with Crippen molar-refractivity contribution < 1.29 is 23.1 Å². The highest BCUT2D eigenvalue weighted by Gasteiger charge is 2.27. The Morgan fingerprint density at radius 3 is 2.48 bits per heavy atom. The van der Waals surface area contributed by atoms with Crippen LogP contribution in [0.4, 0.5) is 0 Å². The van der Waals surface area contributed by atoms with E-state index in [1.807, 2.05) is 0 Å². The minimum Gasteiger partial charge on any atom is -0.477 e. The highest BCUT2D eigenvalue weighted by atomic mass is 32.2. The highest BCUT2D eigenvalue weighted by molar-refractivity contribution is 7.89. The van der Waals surface area contributed by atoms with Gasteiger partial charge in [-0.15, -0.1) is 0 Å². The van der Waals surface area contributed by atoms with Gasteiger partial charge in [-0.3, -0.25) is 0 Å². The van der Waals surface area contributed by atoms with Crippen LogP contribution in [0, 0.1) is 0 Å². The third kappa shape index (κ3) is 3.84. The minimum atomic E-state index is -3.72. The molecule has 0 bridgehead atoms. The average Bonchev–Trinajstić information content (AvgIpc) is 2.85. The summed E-state index contributed by atoms with van der Waals surface area (Å²) < 4.78 is 32.7. The van der Waals surface area contributed by atoms with Gasteiger partial charge >= 0.3 is 5.97 Å². The Morgan fingerprint density at radius 2 is 2.10 bits per heavy atom. The van der Waals surface area contributed by atoms with Crippen LogP contribution in [-0.2, 0) is 14.8 Å². The Balaban J connectivity index is 3.25. The third-order valence-electron chi connectivity index (χ3n) is 3.13. The molecule has 0 aliphatic heterocycles. The topological polar surface area (TPSA) is 88.8 Å². The maximum atomic E-state index is 12.5. The van der Waals surface area contributed by atoms with E-state index in [1.165, 1.54) is 28.2 Å². The molecule has 0 unspecified atom stereocenters. The van der Waals surface area contributed by atoms with E-state index in [4.69, 9.17) is 4.74 Å². The SMILES string of the molecule is CCN(CCOC)S(=O)(=O)c1cc(C(=O)O)n(C(C)C)c1. The zero-order valence-electron chi connectivity index (χ0n) is 12.7. The first kappa shape index (κ1) is 17.7. The van der Waals surface area contributed by atoms with Gasteiger partial charge in [0.15, 0.2) is 0 Å². The number of rotatable bonds is 8. The molecule has 21 heavy (non-hydrogen) atoms. The minimum absolute atomic E-state index is 0.00782. The van der Waals surface area contributed by atoms with Crippen LogP contribution in [0.15, 0.2) is 17.2 Å². The van der Waals surface area contributed by atoms with Crippen LogP contribution < -0.4 is 0 Å². The van der Waals surface area contributed by atoms with E-state index in [0.717, 1.165) is 0 Å². The lowest BCUT2D eigenvalue weighted by Crippen LogP contribution is -2.33. The van der Waals surface area contributed by atoms with Gasteiger partial charge in [0.2, 0.25) is 10.0 Å². The van der Waals surface area contributed by atoms with E-state index in [1.54, 1.807) is 20.8 Å². The molecule has 7 nitrogen and oxygen atoms in total. The molecule has 1 heterocycles. The number of methoxy groups -OCH3 is 1. The predicted octanol–water partition coefficient (Wildman–Crippen LogP) is 1.42. The number of nitrogens with zero attached hydrogens (tertiary/aromatic N) is 2. The van der Waals surface area contributed by atoms with Crippen LogP contribution >= 0.6 is 0 Å². The first-order valence-corrected chi connectivity index (χ1v) is 8.14. The van der Waals surface area contributed by atoms with Gasteiger partial charge in [0.1, 0.15) is 10.6 Å². The summed E-state index contributed by atoms with van der Waals surface area (Å²) in [7, 11) is -2.22. The fourth-order valence-electron chi connectivity index (χ4n) is 1.98. The first-order valence-electron chi connectivity index (χ1n) is 6.69. The number of aromatic nitrogens is 1. The van der Waals surface area contributed by atoms with Crippen molar-refractivity contribution in [3.8, 4) is 0 Å². The van der Waals surface area contributed by atoms with Gasteiger partial charge in [0.05, 0.1) is 6.61 Å². The zero-order valence-corrected chi connectivity index (χ0v) is 13.6.